The van der Waals surface area contributed by atoms with E-state index in [1.165, 1.54) is 0 Å². The number of hydrogen-bond acceptors (Lipinski definition) is 2. The van der Waals surface area contributed by atoms with Gasteiger partial charge < -0.3 is 9.84 Å². The number of para-hydroxylation sites is 1. The maximum atomic E-state index is 11.2. The van der Waals surface area contributed by atoms with Crippen molar-refractivity contribution in [2.75, 3.05) is 6.61 Å². The van der Waals surface area contributed by atoms with E-state index in [1.54, 1.807) is 0 Å². The van der Waals surface area contributed by atoms with Crippen LogP contribution in [0.3, 0.4) is 0 Å². The maximum absolute atomic E-state index is 11.2. The minimum Gasteiger partial charge on any atom is -0.493 e. The molecule has 0 aliphatic heterocycles. The molecule has 0 heterocycles. The Labute approximate surface area is 121 Å². The zero-order chi connectivity index (χ0) is 14.4. The fourth-order valence-corrected chi connectivity index (χ4v) is 2.41. The lowest BCUT2D eigenvalue weighted by atomic mass is 9.83. The average Bonchev–Trinajstić information content (AvgIpc) is 2.53. The molecule has 0 radical (unpaired) electrons. The molecule has 0 spiro atoms. The molecule has 0 aromatic heterocycles. The second-order valence-corrected chi connectivity index (χ2v) is 4.92. The van der Waals surface area contributed by atoms with Crippen LogP contribution >= 0.6 is 0 Å². The SMILES string of the molecule is CCCOc1ccccc1C(O)(CC)c1ccccc1. The molecule has 2 aromatic carbocycles. The Morgan fingerprint density at radius 2 is 1.60 bits per heavy atom. The highest BCUT2D eigenvalue weighted by atomic mass is 16.5. The van der Waals surface area contributed by atoms with Crippen LogP contribution in [0.1, 0.15) is 37.8 Å². The lowest BCUT2D eigenvalue weighted by Gasteiger charge is -2.29. The molecule has 2 aromatic rings. The predicted molar refractivity (Wildman–Crippen MR) is 82.0 cm³/mol. The number of rotatable bonds is 6. The van der Waals surface area contributed by atoms with Crippen molar-refractivity contribution in [1.29, 1.82) is 0 Å². The van der Waals surface area contributed by atoms with Crippen molar-refractivity contribution in [2.45, 2.75) is 32.3 Å². The molecule has 0 aliphatic carbocycles. The Kier molecular flexibility index (Phi) is 4.80. The van der Waals surface area contributed by atoms with E-state index in [4.69, 9.17) is 4.74 Å². The van der Waals surface area contributed by atoms with E-state index in [9.17, 15) is 5.11 Å². The molecule has 106 valence electrons. The third-order valence-electron chi connectivity index (χ3n) is 3.56. The molecule has 1 atom stereocenters. The van der Waals surface area contributed by atoms with E-state index in [2.05, 4.69) is 6.92 Å². The van der Waals surface area contributed by atoms with Gasteiger partial charge in [0.25, 0.3) is 0 Å². The first-order chi connectivity index (χ1) is 9.72. The van der Waals surface area contributed by atoms with E-state index in [0.717, 1.165) is 23.3 Å². The topological polar surface area (TPSA) is 29.5 Å². The molecule has 20 heavy (non-hydrogen) atoms. The lowest BCUT2D eigenvalue weighted by Crippen LogP contribution is -2.27. The summed E-state index contributed by atoms with van der Waals surface area (Å²) in [6.07, 6.45) is 1.55. The molecular weight excluding hydrogens is 248 g/mol. The Balaban J connectivity index is 2.46. The van der Waals surface area contributed by atoms with Crippen molar-refractivity contribution >= 4 is 0 Å². The molecule has 0 saturated carbocycles. The summed E-state index contributed by atoms with van der Waals surface area (Å²) >= 11 is 0. The standard InChI is InChI=1S/C18H22O2/c1-3-14-20-17-13-9-8-12-16(17)18(19,4-2)15-10-6-5-7-11-15/h5-13,19H,3-4,14H2,1-2H3. The molecule has 2 nitrogen and oxygen atoms in total. The van der Waals surface area contributed by atoms with E-state index >= 15 is 0 Å². The third kappa shape index (κ3) is 2.86. The second-order valence-electron chi connectivity index (χ2n) is 4.92. The van der Waals surface area contributed by atoms with Gasteiger partial charge in [0.2, 0.25) is 0 Å². The predicted octanol–water partition coefficient (Wildman–Crippen LogP) is 4.12. The van der Waals surface area contributed by atoms with Crippen molar-refractivity contribution in [3.63, 3.8) is 0 Å². The second kappa shape index (κ2) is 6.58. The highest BCUT2D eigenvalue weighted by Crippen LogP contribution is 2.38. The van der Waals surface area contributed by atoms with Crippen LogP contribution in [0.25, 0.3) is 0 Å². The van der Waals surface area contributed by atoms with Gasteiger partial charge in [-0.15, -0.1) is 0 Å². The van der Waals surface area contributed by atoms with Crippen LogP contribution in [-0.2, 0) is 5.60 Å². The average molecular weight is 270 g/mol. The molecule has 1 unspecified atom stereocenters. The Bertz CT molecular complexity index is 536. The quantitative estimate of drug-likeness (QED) is 0.855. The normalized spacial score (nSPS) is 13.8. The zero-order valence-electron chi connectivity index (χ0n) is 12.2. The third-order valence-corrected chi connectivity index (χ3v) is 3.56. The summed E-state index contributed by atoms with van der Waals surface area (Å²) in [7, 11) is 0. The highest BCUT2D eigenvalue weighted by molar-refractivity contribution is 5.44. The van der Waals surface area contributed by atoms with Gasteiger partial charge in [-0.3, -0.25) is 0 Å². The summed E-state index contributed by atoms with van der Waals surface area (Å²) in [5.74, 6) is 0.766. The van der Waals surface area contributed by atoms with Gasteiger partial charge in [-0.25, -0.2) is 0 Å². The fraction of sp³-hybridized carbons (Fsp3) is 0.333. The van der Waals surface area contributed by atoms with Crippen LogP contribution in [0.4, 0.5) is 0 Å². The van der Waals surface area contributed by atoms with Crippen LogP contribution in [0, 0.1) is 0 Å². The molecule has 0 fully saturated rings. The van der Waals surface area contributed by atoms with Gasteiger partial charge in [0.15, 0.2) is 0 Å². The van der Waals surface area contributed by atoms with Crippen molar-refractivity contribution in [3.8, 4) is 5.75 Å². The summed E-state index contributed by atoms with van der Waals surface area (Å²) in [5.41, 5.74) is 0.725. The molecule has 1 N–H and O–H groups in total. The van der Waals surface area contributed by atoms with Gasteiger partial charge in [0.05, 0.1) is 6.61 Å². The first-order valence-electron chi connectivity index (χ1n) is 7.22. The Hall–Kier alpha value is -1.80. The number of hydrogen-bond donors (Lipinski definition) is 1. The zero-order valence-corrected chi connectivity index (χ0v) is 12.2. The van der Waals surface area contributed by atoms with E-state index in [-0.39, 0.29) is 0 Å². The summed E-state index contributed by atoms with van der Waals surface area (Å²) < 4.78 is 5.80. The molecular formula is C18H22O2. The number of ether oxygens (including phenoxy) is 1. The van der Waals surface area contributed by atoms with Crippen molar-refractivity contribution in [1.82, 2.24) is 0 Å². The van der Waals surface area contributed by atoms with Gasteiger partial charge in [-0.2, -0.15) is 0 Å². The Morgan fingerprint density at radius 1 is 0.950 bits per heavy atom. The van der Waals surface area contributed by atoms with Gasteiger partial charge >= 0.3 is 0 Å². The summed E-state index contributed by atoms with van der Waals surface area (Å²) in [4.78, 5) is 0. The Morgan fingerprint density at radius 3 is 2.25 bits per heavy atom. The van der Waals surface area contributed by atoms with Crippen molar-refractivity contribution < 1.29 is 9.84 Å². The molecule has 2 heteroatoms. The van der Waals surface area contributed by atoms with Gasteiger partial charge in [-0.1, -0.05) is 62.4 Å². The monoisotopic (exact) mass is 270 g/mol. The van der Waals surface area contributed by atoms with Gasteiger partial charge in [-0.05, 0) is 24.5 Å². The summed E-state index contributed by atoms with van der Waals surface area (Å²) in [6.45, 7) is 4.72. The summed E-state index contributed by atoms with van der Waals surface area (Å²) in [5, 5.41) is 11.2. The number of aliphatic hydroxyl groups is 1. The molecule has 0 saturated heterocycles. The van der Waals surface area contributed by atoms with Gasteiger partial charge in [0.1, 0.15) is 11.4 Å². The van der Waals surface area contributed by atoms with Crippen LogP contribution < -0.4 is 4.74 Å². The van der Waals surface area contributed by atoms with E-state index in [1.807, 2.05) is 61.5 Å². The van der Waals surface area contributed by atoms with Crippen LogP contribution in [0.15, 0.2) is 54.6 Å². The van der Waals surface area contributed by atoms with Gasteiger partial charge in [0, 0.05) is 5.56 Å². The van der Waals surface area contributed by atoms with Crippen LogP contribution in [0.5, 0.6) is 5.75 Å². The first-order valence-corrected chi connectivity index (χ1v) is 7.22. The summed E-state index contributed by atoms with van der Waals surface area (Å²) in [6, 6.07) is 17.5. The van der Waals surface area contributed by atoms with E-state index < -0.39 is 5.60 Å². The molecule has 0 bridgehead atoms. The smallest absolute Gasteiger partial charge is 0.125 e. The number of benzene rings is 2. The molecule has 2 rings (SSSR count). The molecule has 0 amide bonds. The fourth-order valence-electron chi connectivity index (χ4n) is 2.41. The van der Waals surface area contributed by atoms with Crippen LogP contribution in [0.2, 0.25) is 0 Å². The van der Waals surface area contributed by atoms with Crippen molar-refractivity contribution in [3.05, 3.63) is 65.7 Å². The first kappa shape index (κ1) is 14.6. The van der Waals surface area contributed by atoms with Crippen molar-refractivity contribution in [2.24, 2.45) is 0 Å². The maximum Gasteiger partial charge on any atom is 0.125 e. The minimum absolute atomic E-state index is 0.601. The highest BCUT2D eigenvalue weighted by Gasteiger charge is 2.32. The lowest BCUT2D eigenvalue weighted by molar-refractivity contribution is 0.0727. The minimum atomic E-state index is -1.01. The van der Waals surface area contributed by atoms with E-state index in [0.29, 0.717) is 13.0 Å². The van der Waals surface area contributed by atoms with Crippen LogP contribution in [-0.4, -0.2) is 11.7 Å². The molecule has 0 aliphatic rings. The largest absolute Gasteiger partial charge is 0.493 e.